The maximum atomic E-state index is 11.9. The number of rotatable bonds is 5. The molecule has 1 heterocycles. The van der Waals surface area contributed by atoms with Gasteiger partial charge >= 0.3 is 0 Å². The Bertz CT molecular complexity index is 490. The molecule has 1 aromatic heterocycles. The molecule has 0 N–H and O–H groups in total. The summed E-state index contributed by atoms with van der Waals surface area (Å²) in [4.78, 5) is 4.45. The lowest BCUT2D eigenvalue weighted by molar-refractivity contribution is 0.596. The van der Waals surface area contributed by atoms with E-state index in [2.05, 4.69) is 52.8 Å². The third-order valence-corrected chi connectivity index (χ3v) is 6.35. The molecule has 3 nitrogen and oxygen atoms in total. The van der Waals surface area contributed by atoms with Gasteiger partial charge in [0.25, 0.3) is 0 Å². The van der Waals surface area contributed by atoms with Crippen LogP contribution in [0.15, 0.2) is 21.8 Å². The molecule has 96 valence electrons. The van der Waals surface area contributed by atoms with Crippen molar-refractivity contribution in [3.8, 4) is 0 Å². The molecule has 0 aliphatic heterocycles. The van der Waals surface area contributed by atoms with Crippen molar-refractivity contribution >= 4 is 57.6 Å². The Morgan fingerprint density at radius 1 is 1.47 bits per heavy atom. The van der Waals surface area contributed by atoms with Gasteiger partial charge < -0.3 is 0 Å². The maximum Gasteiger partial charge on any atom is 0.180 e. The lowest BCUT2D eigenvalue weighted by Gasteiger charge is -2.11. The first-order valence-electron chi connectivity index (χ1n) is 5.00. The molecule has 0 radical (unpaired) electrons. The van der Waals surface area contributed by atoms with Gasteiger partial charge in [-0.2, -0.15) is 0 Å². The normalized spacial score (nSPS) is 13.6. The van der Waals surface area contributed by atoms with Crippen molar-refractivity contribution in [2.45, 2.75) is 23.1 Å². The molecule has 0 saturated heterocycles. The number of pyridine rings is 1. The first-order valence-corrected chi connectivity index (χ1v) is 9.48. The number of aromatic nitrogens is 1. The number of sulfone groups is 1. The van der Waals surface area contributed by atoms with Crippen molar-refractivity contribution in [1.82, 2.24) is 4.98 Å². The maximum absolute atomic E-state index is 11.9. The number of nitrogens with zero attached hydrogens (tertiary/aromatic N) is 1. The minimum atomic E-state index is -3.24. The van der Waals surface area contributed by atoms with Gasteiger partial charge in [0.1, 0.15) is 4.60 Å². The fourth-order valence-electron chi connectivity index (χ4n) is 1.25. The summed E-state index contributed by atoms with van der Waals surface area (Å²) in [7, 11) is -3.24. The van der Waals surface area contributed by atoms with Gasteiger partial charge in [-0.25, -0.2) is 13.4 Å². The molecule has 0 aromatic carbocycles. The van der Waals surface area contributed by atoms with Gasteiger partial charge in [-0.05, 0) is 34.0 Å². The van der Waals surface area contributed by atoms with E-state index in [1.54, 1.807) is 19.2 Å². The van der Waals surface area contributed by atoms with Crippen molar-refractivity contribution in [2.75, 3.05) is 11.1 Å². The van der Waals surface area contributed by atoms with Crippen LogP contribution in [0.25, 0.3) is 0 Å². The highest BCUT2D eigenvalue weighted by atomic mass is 79.9. The van der Waals surface area contributed by atoms with Crippen LogP contribution in [0, 0.1) is 0 Å². The van der Waals surface area contributed by atoms with Crippen molar-refractivity contribution in [3.63, 3.8) is 0 Å². The molecule has 1 atom stereocenters. The van der Waals surface area contributed by atoms with Crippen LogP contribution >= 0.6 is 47.8 Å². The van der Waals surface area contributed by atoms with E-state index >= 15 is 0 Å². The Labute approximate surface area is 127 Å². The fraction of sp³-hybridized carbons (Fsp3) is 0.500. The van der Waals surface area contributed by atoms with Crippen LogP contribution < -0.4 is 0 Å². The molecule has 0 aliphatic rings. The van der Waals surface area contributed by atoms with Gasteiger partial charge in [-0.15, -0.1) is 0 Å². The van der Waals surface area contributed by atoms with E-state index in [9.17, 15) is 8.42 Å². The summed E-state index contributed by atoms with van der Waals surface area (Å²) >= 11 is 10.0. The SMILES string of the molecule is CCS(=O)(=O)c1cc(C(Br)CCBr)cnc1Br. The summed E-state index contributed by atoms with van der Waals surface area (Å²) < 4.78 is 24.1. The van der Waals surface area contributed by atoms with E-state index in [0.29, 0.717) is 4.60 Å². The molecule has 1 rings (SSSR count). The second-order valence-corrected chi connectivity index (χ2v) is 8.30. The molecule has 0 fully saturated rings. The minimum Gasteiger partial charge on any atom is -0.248 e. The molecule has 0 bridgehead atoms. The third kappa shape index (κ3) is 4.01. The molecule has 7 heteroatoms. The highest BCUT2D eigenvalue weighted by Gasteiger charge is 2.19. The number of hydrogen-bond donors (Lipinski definition) is 0. The van der Waals surface area contributed by atoms with Crippen molar-refractivity contribution in [1.29, 1.82) is 0 Å². The summed E-state index contributed by atoms with van der Waals surface area (Å²) in [6.07, 6.45) is 2.55. The molecule has 1 unspecified atom stereocenters. The van der Waals surface area contributed by atoms with Gasteiger partial charge in [0, 0.05) is 16.4 Å². The highest BCUT2D eigenvalue weighted by molar-refractivity contribution is 9.10. The Morgan fingerprint density at radius 3 is 2.65 bits per heavy atom. The van der Waals surface area contributed by atoms with Gasteiger partial charge in [0.2, 0.25) is 0 Å². The molecular weight excluding hydrogens is 438 g/mol. The predicted molar refractivity (Wildman–Crippen MR) is 79.7 cm³/mol. The molecular formula is C10H12Br3NO2S. The summed E-state index contributed by atoms with van der Waals surface area (Å²) in [6, 6.07) is 1.68. The van der Waals surface area contributed by atoms with Crippen LogP contribution in [0.5, 0.6) is 0 Å². The van der Waals surface area contributed by atoms with Gasteiger partial charge in [0.15, 0.2) is 9.84 Å². The monoisotopic (exact) mass is 447 g/mol. The summed E-state index contributed by atoms with van der Waals surface area (Å²) in [5.74, 6) is 0.0716. The van der Waals surface area contributed by atoms with Crippen LogP contribution in [0.3, 0.4) is 0 Å². The van der Waals surface area contributed by atoms with E-state index in [4.69, 9.17) is 0 Å². The van der Waals surface area contributed by atoms with Gasteiger partial charge in [-0.1, -0.05) is 38.8 Å². The first-order chi connectivity index (χ1) is 7.92. The van der Waals surface area contributed by atoms with Crippen LogP contribution in [0.2, 0.25) is 0 Å². The first kappa shape index (κ1) is 15.6. The quantitative estimate of drug-likeness (QED) is 0.506. The second kappa shape index (κ2) is 6.63. The van der Waals surface area contributed by atoms with E-state index in [0.717, 1.165) is 17.3 Å². The Kier molecular flexibility index (Phi) is 6.09. The Hall–Kier alpha value is 0.540. The molecule has 0 saturated carbocycles. The zero-order valence-corrected chi connectivity index (χ0v) is 14.7. The number of alkyl halides is 2. The van der Waals surface area contributed by atoms with Crippen molar-refractivity contribution in [3.05, 3.63) is 22.4 Å². The van der Waals surface area contributed by atoms with Crippen LogP contribution in [-0.2, 0) is 9.84 Å². The van der Waals surface area contributed by atoms with E-state index in [1.165, 1.54) is 0 Å². The average Bonchev–Trinajstić information content (AvgIpc) is 2.29. The number of halogens is 3. The summed E-state index contributed by atoms with van der Waals surface area (Å²) in [5, 5.41) is 0.842. The van der Waals surface area contributed by atoms with E-state index in [1.807, 2.05) is 0 Å². The zero-order chi connectivity index (χ0) is 13.1. The van der Waals surface area contributed by atoms with Crippen molar-refractivity contribution in [2.24, 2.45) is 0 Å². The summed E-state index contributed by atoms with van der Waals surface area (Å²) in [6.45, 7) is 1.62. The minimum absolute atomic E-state index is 0.0716. The fourth-order valence-corrected chi connectivity index (χ4v) is 4.69. The van der Waals surface area contributed by atoms with Crippen LogP contribution in [-0.4, -0.2) is 24.5 Å². The van der Waals surface area contributed by atoms with Crippen LogP contribution in [0.4, 0.5) is 0 Å². The molecule has 0 aliphatic carbocycles. The van der Waals surface area contributed by atoms with Crippen molar-refractivity contribution < 1.29 is 8.42 Å². The van der Waals surface area contributed by atoms with Crippen LogP contribution in [0.1, 0.15) is 23.7 Å². The number of hydrogen-bond acceptors (Lipinski definition) is 3. The topological polar surface area (TPSA) is 47.0 Å². The largest absolute Gasteiger partial charge is 0.248 e. The Morgan fingerprint density at radius 2 is 2.12 bits per heavy atom. The van der Waals surface area contributed by atoms with Gasteiger partial charge in [-0.3, -0.25) is 0 Å². The molecule has 1 aromatic rings. The molecule has 0 spiro atoms. The van der Waals surface area contributed by atoms with E-state index < -0.39 is 9.84 Å². The lowest BCUT2D eigenvalue weighted by Crippen LogP contribution is -2.07. The van der Waals surface area contributed by atoms with E-state index in [-0.39, 0.29) is 15.5 Å². The molecule has 17 heavy (non-hydrogen) atoms. The third-order valence-electron chi connectivity index (χ3n) is 2.27. The average molecular weight is 450 g/mol. The zero-order valence-electron chi connectivity index (χ0n) is 9.16. The van der Waals surface area contributed by atoms with Gasteiger partial charge in [0.05, 0.1) is 10.6 Å². The smallest absolute Gasteiger partial charge is 0.180 e. The molecule has 0 amide bonds. The second-order valence-electron chi connectivity index (χ2n) is 3.41. The highest BCUT2D eigenvalue weighted by Crippen LogP contribution is 2.30. The Balaban J connectivity index is 3.20. The lowest BCUT2D eigenvalue weighted by atomic mass is 10.2. The standard InChI is InChI=1S/C10H12Br3NO2S/c1-2-17(15,16)9-5-7(6-14-10(9)13)8(12)3-4-11/h5-6,8H,2-4H2,1H3. The predicted octanol–water partition coefficient (Wildman–Crippen LogP) is 3.86. The summed E-state index contributed by atoms with van der Waals surface area (Å²) in [5.41, 5.74) is 0.875.